The van der Waals surface area contributed by atoms with Crippen LogP contribution in [0.15, 0.2) is 54.6 Å². The van der Waals surface area contributed by atoms with E-state index in [-0.39, 0.29) is 6.03 Å². The second kappa shape index (κ2) is 6.61. The molecule has 104 valence electrons. The van der Waals surface area contributed by atoms with Crippen LogP contribution in [0, 0.1) is 0 Å². The molecule has 0 saturated carbocycles. The molecule has 0 bridgehead atoms. The average molecular weight is 270 g/mol. The Morgan fingerprint density at radius 3 is 2.30 bits per heavy atom. The van der Waals surface area contributed by atoms with Crippen LogP contribution in [0.3, 0.4) is 0 Å². The third-order valence-corrected chi connectivity index (χ3v) is 2.76. The van der Waals surface area contributed by atoms with E-state index in [0.717, 1.165) is 17.0 Å². The van der Waals surface area contributed by atoms with Crippen molar-refractivity contribution in [3.63, 3.8) is 0 Å². The number of hydrogen-bond donors (Lipinski definition) is 1. The molecule has 0 aromatic heterocycles. The Kier molecular flexibility index (Phi) is 4.60. The fourth-order valence-electron chi connectivity index (χ4n) is 1.60. The summed E-state index contributed by atoms with van der Waals surface area (Å²) in [5.41, 5.74) is 1.82. The lowest BCUT2D eigenvalue weighted by Gasteiger charge is -2.12. The van der Waals surface area contributed by atoms with Gasteiger partial charge in [-0.25, -0.2) is 4.79 Å². The highest BCUT2D eigenvalue weighted by Crippen LogP contribution is 2.14. The molecule has 0 heterocycles. The number of anilines is 1. The minimum atomic E-state index is -0.140. The van der Waals surface area contributed by atoms with E-state index in [9.17, 15) is 4.79 Å². The standard InChI is InChI=1S/C16H18N2O2/c1-18(2)16(19)17-14-10-8-13(9-11-14)12-20-15-6-4-3-5-7-15/h3-11H,12H2,1-2H3,(H,17,19). The molecule has 0 saturated heterocycles. The monoisotopic (exact) mass is 270 g/mol. The molecule has 1 N–H and O–H groups in total. The Hall–Kier alpha value is -2.49. The van der Waals surface area contributed by atoms with Gasteiger partial charge in [-0.05, 0) is 29.8 Å². The Morgan fingerprint density at radius 2 is 1.70 bits per heavy atom. The van der Waals surface area contributed by atoms with Crippen molar-refractivity contribution in [3.8, 4) is 5.75 Å². The zero-order chi connectivity index (χ0) is 14.4. The van der Waals surface area contributed by atoms with Crippen molar-refractivity contribution in [2.45, 2.75) is 6.61 Å². The Labute approximate surface area is 119 Å². The SMILES string of the molecule is CN(C)C(=O)Nc1ccc(COc2ccccc2)cc1. The molecule has 2 aromatic rings. The molecule has 0 radical (unpaired) electrons. The smallest absolute Gasteiger partial charge is 0.321 e. The fraction of sp³-hybridized carbons (Fsp3) is 0.188. The minimum Gasteiger partial charge on any atom is -0.489 e. The molecule has 0 aliphatic rings. The number of carbonyl (C=O) groups excluding carboxylic acids is 1. The number of amides is 2. The van der Waals surface area contributed by atoms with E-state index in [1.54, 1.807) is 14.1 Å². The quantitative estimate of drug-likeness (QED) is 0.925. The third kappa shape index (κ3) is 4.02. The number of para-hydroxylation sites is 1. The van der Waals surface area contributed by atoms with Crippen molar-refractivity contribution in [2.24, 2.45) is 0 Å². The summed E-state index contributed by atoms with van der Waals surface area (Å²) >= 11 is 0. The van der Waals surface area contributed by atoms with Crippen molar-refractivity contribution in [3.05, 3.63) is 60.2 Å². The van der Waals surface area contributed by atoms with Gasteiger partial charge in [-0.3, -0.25) is 0 Å². The highest BCUT2D eigenvalue weighted by Gasteiger charge is 2.03. The zero-order valence-corrected chi connectivity index (χ0v) is 11.7. The number of nitrogens with zero attached hydrogens (tertiary/aromatic N) is 1. The van der Waals surface area contributed by atoms with Crippen LogP contribution in [0.4, 0.5) is 10.5 Å². The van der Waals surface area contributed by atoms with Gasteiger partial charge >= 0.3 is 6.03 Å². The number of carbonyl (C=O) groups is 1. The van der Waals surface area contributed by atoms with Crippen LogP contribution in [-0.4, -0.2) is 25.0 Å². The van der Waals surface area contributed by atoms with Crippen molar-refractivity contribution >= 4 is 11.7 Å². The predicted molar refractivity (Wildman–Crippen MR) is 79.9 cm³/mol. The summed E-state index contributed by atoms with van der Waals surface area (Å²) in [5, 5.41) is 2.79. The molecule has 0 fully saturated rings. The normalized spacial score (nSPS) is 9.90. The van der Waals surface area contributed by atoms with Gasteiger partial charge in [0, 0.05) is 19.8 Å². The number of urea groups is 1. The summed E-state index contributed by atoms with van der Waals surface area (Å²) in [4.78, 5) is 13.0. The molecule has 0 aliphatic carbocycles. The maximum atomic E-state index is 11.5. The maximum absolute atomic E-state index is 11.5. The lowest BCUT2D eigenvalue weighted by atomic mass is 10.2. The van der Waals surface area contributed by atoms with Crippen LogP contribution >= 0.6 is 0 Å². The third-order valence-electron chi connectivity index (χ3n) is 2.76. The van der Waals surface area contributed by atoms with Crippen LogP contribution in [0.2, 0.25) is 0 Å². The first-order valence-electron chi connectivity index (χ1n) is 6.40. The van der Waals surface area contributed by atoms with E-state index in [1.165, 1.54) is 4.90 Å². The van der Waals surface area contributed by atoms with Gasteiger partial charge in [0.25, 0.3) is 0 Å². The molecule has 20 heavy (non-hydrogen) atoms. The molecular weight excluding hydrogens is 252 g/mol. The number of hydrogen-bond acceptors (Lipinski definition) is 2. The van der Waals surface area contributed by atoms with Gasteiger partial charge in [0.15, 0.2) is 0 Å². The second-order valence-electron chi connectivity index (χ2n) is 4.62. The maximum Gasteiger partial charge on any atom is 0.321 e. The van der Waals surface area contributed by atoms with Gasteiger partial charge in [0.05, 0.1) is 0 Å². The molecule has 0 aliphatic heterocycles. The van der Waals surface area contributed by atoms with Gasteiger partial charge in [-0.1, -0.05) is 30.3 Å². The van der Waals surface area contributed by atoms with Crippen molar-refractivity contribution in [1.29, 1.82) is 0 Å². The molecule has 4 heteroatoms. The van der Waals surface area contributed by atoms with E-state index >= 15 is 0 Å². The number of ether oxygens (including phenoxy) is 1. The molecule has 2 rings (SSSR count). The molecule has 0 spiro atoms. The van der Waals surface area contributed by atoms with E-state index in [2.05, 4.69) is 5.32 Å². The molecular formula is C16H18N2O2. The topological polar surface area (TPSA) is 41.6 Å². The summed E-state index contributed by atoms with van der Waals surface area (Å²) in [6, 6.07) is 17.1. The van der Waals surface area contributed by atoms with E-state index in [1.807, 2.05) is 54.6 Å². The molecule has 0 atom stereocenters. The van der Waals surface area contributed by atoms with Crippen LogP contribution in [0.5, 0.6) is 5.75 Å². The zero-order valence-electron chi connectivity index (χ0n) is 11.7. The number of rotatable bonds is 4. The van der Waals surface area contributed by atoms with Gasteiger partial charge in [0.1, 0.15) is 12.4 Å². The Balaban J connectivity index is 1.90. The van der Waals surface area contributed by atoms with Crippen LogP contribution in [0.1, 0.15) is 5.56 Å². The van der Waals surface area contributed by atoms with Gasteiger partial charge in [-0.2, -0.15) is 0 Å². The Morgan fingerprint density at radius 1 is 1.05 bits per heavy atom. The first-order valence-corrected chi connectivity index (χ1v) is 6.40. The van der Waals surface area contributed by atoms with E-state index < -0.39 is 0 Å². The first-order chi connectivity index (χ1) is 9.65. The average Bonchev–Trinajstić information content (AvgIpc) is 2.47. The van der Waals surface area contributed by atoms with E-state index in [0.29, 0.717) is 6.61 Å². The second-order valence-corrected chi connectivity index (χ2v) is 4.62. The summed E-state index contributed by atoms with van der Waals surface area (Å²) in [6.07, 6.45) is 0. The molecule has 0 unspecified atom stereocenters. The fourth-order valence-corrected chi connectivity index (χ4v) is 1.60. The molecule has 2 aromatic carbocycles. The van der Waals surface area contributed by atoms with E-state index in [4.69, 9.17) is 4.74 Å². The highest BCUT2D eigenvalue weighted by atomic mass is 16.5. The lowest BCUT2D eigenvalue weighted by Crippen LogP contribution is -2.27. The van der Waals surface area contributed by atoms with Crippen molar-refractivity contribution in [1.82, 2.24) is 4.90 Å². The largest absolute Gasteiger partial charge is 0.489 e. The minimum absolute atomic E-state index is 0.140. The lowest BCUT2D eigenvalue weighted by molar-refractivity contribution is 0.230. The van der Waals surface area contributed by atoms with Crippen LogP contribution < -0.4 is 10.1 Å². The summed E-state index contributed by atoms with van der Waals surface area (Å²) in [5.74, 6) is 0.845. The van der Waals surface area contributed by atoms with Crippen LogP contribution in [-0.2, 0) is 6.61 Å². The van der Waals surface area contributed by atoms with Crippen molar-refractivity contribution in [2.75, 3.05) is 19.4 Å². The van der Waals surface area contributed by atoms with Gasteiger partial charge in [-0.15, -0.1) is 0 Å². The molecule has 4 nitrogen and oxygen atoms in total. The molecule has 2 amide bonds. The summed E-state index contributed by atoms with van der Waals surface area (Å²) < 4.78 is 5.66. The first kappa shape index (κ1) is 13.9. The summed E-state index contributed by atoms with van der Waals surface area (Å²) in [7, 11) is 3.41. The van der Waals surface area contributed by atoms with Crippen LogP contribution in [0.25, 0.3) is 0 Å². The van der Waals surface area contributed by atoms with Crippen molar-refractivity contribution < 1.29 is 9.53 Å². The highest BCUT2D eigenvalue weighted by molar-refractivity contribution is 5.88. The predicted octanol–water partition coefficient (Wildman–Crippen LogP) is 3.36. The van der Waals surface area contributed by atoms with Gasteiger partial charge < -0.3 is 15.0 Å². The van der Waals surface area contributed by atoms with Gasteiger partial charge in [0.2, 0.25) is 0 Å². The number of benzene rings is 2. The Bertz CT molecular complexity index is 550. The summed E-state index contributed by atoms with van der Waals surface area (Å²) in [6.45, 7) is 0.506. The number of nitrogens with one attached hydrogen (secondary N) is 1.